The van der Waals surface area contributed by atoms with Crippen molar-refractivity contribution >= 4 is 27.7 Å². The fraction of sp³-hybridized carbons (Fsp3) is 0.143. The zero-order valence-electron chi connectivity index (χ0n) is 22.5. The fourth-order valence-electron chi connectivity index (χ4n) is 5.22. The van der Waals surface area contributed by atoms with Gasteiger partial charge in [-0.3, -0.25) is 4.79 Å². The molecule has 0 aliphatic heterocycles. The Balaban J connectivity index is 1.15. The molecule has 1 aromatic heterocycles. The summed E-state index contributed by atoms with van der Waals surface area (Å²) in [6.45, 7) is 3.08. The fourth-order valence-corrected chi connectivity index (χ4v) is 5.22. The number of fused-ring (bicyclic) bond motifs is 2. The molecule has 1 N–H and O–H groups in total. The van der Waals surface area contributed by atoms with E-state index >= 15 is 0 Å². The molecule has 0 aliphatic rings. The first kappa shape index (κ1) is 25.4. The quantitative estimate of drug-likeness (QED) is 0.215. The molecule has 5 heteroatoms. The van der Waals surface area contributed by atoms with Crippen LogP contribution >= 0.6 is 0 Å². The van der Waals surface area contributed by atoms with Crippen LogP contribution in [0.25, 0.3) is 32.9 Å². The number of carbonyl (C=O) groups is 1. The van der Waals surface area contributed by atoms with Gasteiger partial charge in [0.2, 0.25) is 5.91 Å². The van der Waals surface area contributed by atoms with Crippen molar-refractivity contribution in [2.75, 3.05) is 6.61 Å². The van der Waals surface area contributed by atoms with Crippen molar-refractivity contribution in [2.24, 2.45) is 0 Å². The minimum absolute atomic E-state index is 0.0365. The molecule has 0 bridgehead atoms. The van der Waals surface area contributed by atoms with Gasteiger partial charge in [-0.1, -0.05) is 103 Å². The van der Waals surface area contributed by atoms with Crippen LogP contribution in [-0.2, 0) is 17.8 Å². The highest BCUT2D eigenvalue weighted by molar-refractivity contribution is 5.88. The maximum Gasteiger partial charge on any atom is 0.224 e. The number of aromatic nitrogens is 2. The molecule has 0 saturated carbocycles. The van der Waals surface area contributed by atoms with Crippen LogP contribution in [0.4, 0.5) is 0 Å². The van der Waals surface area contributed by atoms with E-state index in [1.807, 2.05) is 79.7 Å². The van der Waals surface area contributed by atoms with Gasteiger partial charge in [0.1, 0.15) is 18.2 Å². The van der Waals surface area contributed by atoms with E-state index in [0.717, 1.165) is 50.1 Å². The molecule has 1 amide bonds. The molecule has 1 unspecified atom stereocenters. The smallest absolute Gasteiger partial charge is 0.224 e. The van der Waals surface area contributed by atoms with Gasteiger partial charge in [-0.05, 0) is 47.2 Å². The second kappa shape index (κ2) is 11.5. The number of imidazole rings is 1. The summed E-state index contributed by atoms with van der Waals surface area (Å²) in [7, 11) is 0. The van der Waals surface area contributed by atoms with Crippen molar-refractivity contribution in [2.45, 2.75) is 25.9 Å². The van der Waals surface area contributed by atoms with E-state index in [-0.39, 0.29) is 11.9 Å². The van der Waals surface area contributed by atoms with Crippen LogP contribution in [-0.4, -0.2) is 22.1 Å². The summed E-state index contributed by atoms with van der Waals surface area (Å²) in [5.74, 6) is 1.64. The van der Waals surface area contributed by atoms with Crippen LogP contribution in [0, 0.1) is 0 Å². The summed E-state index contributed by atoms with van der Waals surface area (Å²) in [6.07, 6.45) is 0.309. The SMILES string of the molecule is CC(NC(=O)Cc1ccc(-c2ccccc2)cc1)c1nc2ccccc2n1CCOc1cccc2ccccc12. The van der Waals surface area contributed by atoms with Gasteiger partial charge in [0, 0.05) is 5.39 Å². The molecule has 0 saturated heterocycles. The molecule has 0 aliphatic carbocycles. The number of rotatable bonds is 9. The first-order valence-electron chi connectivity index (χ1n) is 13.7. The van der Waals surface area contributed by atoms with E-state index in [2.05, 4.69) is 58.4 Å². The minimum Gasteiger partial charge on any atom is -0.491 e. The number of nitrogens with zero attached hydrogens (tertiary/aromatic N) is 2. The maximum absolute atomic E-state index is 13.0. The predicted molar refractivity (Wildman–Crippen MR) is 161 cm³/mol. The van der Waals surface area contributed by atoms with Crippen molar-refractivity contribution in [3.8, 4) is 16.9 Å². The lowest BCUT2D eigenvalue weighted by Crippen LogP contribution is -2.30. The first-order valence-corrected chi connectivity index (χ1v) is 13.7. The largest absolute Gasteiger partial charge is 0.491 e. The van der Waals surface area contributed by atoms with Crippen molar-refractivity contribution < 1.29 is 9.53 Å². The van der Waals surface area contributed by atoms with Gasteiger partial charge in [0.25, 0.3) is 0 Å². The molecule has 6 rings (SSSR count). The number of ether oxygens (including phenoxy) is 1. The standard InChI is InChI=1S/C35H31N3O2/c1-25(36-34(39)24-26-18-20-28(21-19-26)27-10-3-2-4-11-27)35-37-31-15-7-8-16-32(31)38(35)22-23-40-33-17-9-13-29-12-5-6-14-30(29)33/h2-21,25H,22-24H2,1H3,(H,36,39). The molecule has 198 valence electrons. The Hall–Kier alpha value is -4.90. The monoisotopic (exact) mass is 525 g/mol. The highest BCUT2D eigenvalue weighted by Gasteiger charge is 2.19. The van der Waals surface area contributed by atoms with Gasteiger partial charge in [-0.15, -0.1) is 0 Å². The number of hydrogen-bond donors (Lipinski definition) is 1. The molecule has 5 nitrogen and oxygen atoms in total. The van der Waals surface area contributed by atoms with Gasteiger partial charge in [-0.25, -0.2) is 4.98 Å². The second-order valence-electron chi connectivity index (χ2n) is 9.97. The lowest BCUT2D eigenvalue weighted by molar-refractivity contribution is -0.121. The van der Waals surface area contributed by atoms with Gasteiger partial charge < -0.3 is 14.6 Å². The van der Waals surface area contributed by atoms with Crippen LogP contribution in [0.3, 0.4) is 0 Å². The number of carbonyl (C=O) groups excluding carboxylic acids is 1. The Morgan fingerprint density at radius 2 is 1.50 bits per heavy atom. The zero-order chi connectivity index (χ0) is 27.3. The third-order valence-electron chi connectivity index (χ3n) is 7.20. The summed E-state index contributed by atoms with van der Waals surface area (Å²) in [6, 6.07) is 40.5. The van der Waals surface area contributed by atoms with E-state index in [0.29, 0.717) is 19.6 Å². The van der Waals surface area contributed by atoms with E-state index in [1.165, 1.54) is 0 Å². The Labute approximate surface area is 234 Å². The number of para-hydroxylation sites is 2. The van der Waals surface area contributed by atoms with Crippen molar-refractivity contribution in [1.82, 2.24) is 14.9 Å². The van der Waals surface area contributed by atoms with Gasteiger partial charge >= 0.3 is 0 Å². The molecule has 1 atom stereocenters. The summed E-state index contributed by atoms with van der Waals surface area (Å²) in [5.41, 5.74) is 5.20. The average molecular weight is 526 g/mol. The van der Waals surface area contributed by atoms with Crippen molar-refractivity contribution in [3.63, 3.8) is 0 Å². The first-order chi connectivity index (χ1) is 19.7. The normalized spacial score (nSPS) is 11.9. The summed E-state index contributed by atoms with van der Waals surface area (Å²) >= 11 is 0. The third-order valence-corrected chi connectivity index (χ3v) is 7.20. The lowest BCUT2D eigenvalue weighted by Gasteiger charge is -2.17. The Bertz CT molecular complexity index is 1750. The molecule has 0 spiro atoms. The maximum atomic E-state index is 13.0. The van der Waals surface area contributed by atoms with Crippen LogP contribution in [0.15, 0.2) is 121 Å². The van der Waals surface area contributed by atoms with Gasteiger partial charge in [-0.2, -0.15) is 0 Å². The van der Waals surface area contributed by atoms with Crippen LogP contribution in [0.1, 0.15) is 24.4 Å². The molecule has 0 radical (unpaired) electrons. The van der Waals surface area contributed by atoms with Crippen molar-refractivity contribution in [1.29, 1.82) is 0 Å². The summed E-state index contributed by atoms with van der Waals surface area (Å²) in [5, 5.41) is 5.41. The Morgan fingerprint density at radius 1 is 0.800 bits per heavy atom. The van der Waals surface area contributed by atoms with Crippen molar-refractivity contribution in [3.05, 3.63) is 133 Å². The average Bonchev–Trinajstić information content (AvgIpc) is 3.37. The Morgan fingerprint density at radius 3 is 2.35 bits per heavy atom. The van der Waals surface area contributed by atoms with Gasteiger partial charge in [0.15, 0.2) is 0 Å². The zero-order valence-corrected chi connectivity index (χ0v) is 22.5. The van der Waals surface area contributed by atoms with E-state index < -0.39 is 0 Å². The van der Waals surface area contributed by atoms with Crippen LogP contribution in [0.5, 0.6) is 5.75 Å². The topological polar surface area (TPSA) is 56.2 Å². The van der Waals surface area contributed by atoms with Crippen LogP contribution in [0.2, 0.25) is 0 Å². The highest BCUT2D eigenvalue weighted by atomic mass is 16.5. The number of amides is 1. The van der Waals surface area contributed by atoms with Crippen LogP contribution < -0.4 is 10.1 Å². The molecule has 40 heavy (non-hydrogen) atoms. The summed E-state index contributed by atoms with van der Waals surface area (Å²) in [4.78, 5) is 17.9. The molecular formula is C35H31N3O2. The summed E-state index contributed by atoms with van der Waals surface area (Å²) < 4.78 is 8.39. The lowest BCUT2D eigenvalue weighted by atomic mass is 10.0. The van der Waals surface area contributed by atoms with Gasteiger partial charge in [0.05, 0.1) is 30.0 Å². The van der Waals surface area contributed by atoms with E-state index in [1.54, 1.807) is 0 Å². The van der Waals surface area contributed by atoms with E-state index in [4.69, 9.17) is 9.72 Å². The Kier molecular flexibility index (Phi) is 7.27. The molecule has 1 heterocycles. The predicted octanol–water partition coefficient (Wildman–Crippen LogP) is 7.36. The minimum atomic E-state index is -0.263. The molecule has 0 fully saturated rings. The number of hydrogen-bond acceptors (Lipinski definition) is 3. The number of nitrogens with one attached hydrogen (secondary N) is 1. The van der Waals surface area contributed by atoms with E-state index in [9.17, 15) is 4.79 Å². The molecule has 6 aromatic rings. The molecular weight excluding hydrogens is 494 g/mol. The number of benzene rings is 5. The second-order valence-corrected chi connectivity index (χ2v) is 9.97. The third kappa shape index (κ3) is 5.45. The molecule has 5 aromatic carbocycles. The highest BCUT2D eigenvalue weighted by Crippen LogP contribution is 2.26.